The summed E-state index contributed by atoms with van der Waals surface area (Å²) in [5, 5.41) is 14.7. The molecule has 2 aliphatic heterocycles. The fourth-order valence-electron chi connectivity index (χ4n) is 3.22. The van der Waals surface area contributed by atoms with Crippen LogP contribution >= 0.6 is 0 Å². The van der Waals surface area contributed by atoms with E-state index < -0.39 is 5.92 Å². The molecule has 3 unspecified atom stereocenters. The van der Waals surface area contributed by atoms with Gasteiger partial charge in [-0.25, -0.2) is 0 Å². The van der Waals surface area contributed by atoms with Crippen molar-refractivity contribution >= 4 is 17.6 Å². The highest BCUT2D eigenvalue weighted by molar-refractivity contribution is 6.02. The minimum Gasteiger partial charge on any atom is -0.409 e. The topological polar surface area (TPSA) is 108 Å². The first-order valence-corrected chi connectivity index (χ1v) is 7.03. The van der Waals surface area contributed by atoms with Crippen LogP contribution in [0.5, 0.6) is 0 Å². The minimum absolute atomic E-state index is 0.0254. The van der Waals surface area contributed by atoms with Crippen LogP contribution in [0.1, 0.15) is 26.7 Å². The number of carbonyl (C=O) groups is 2. The summed E-state index contributed by atoms with van der Waals surface area (Å²) in [5.41, 5.74) is 5.66. The quantitative estimate of drug-likeness (QED) is 0.287. The van der Waals surface area contributed by atoms with E-state index in [0.717, 1.165) is 12.8 Å². The van der Waals surface area contributed by atoms with Gasteiger partial charge in [-0.05, 0) is 18.8 Å². The standard InChI is InChI=1S/C13H22N4O3/c1-7(2)10(11(14)16-20)13(19)17-5-3-4-8-9(17)6-15-12(8)18/h7-10,20H,3-6H2,1-2H3,(H2,14,16)(H,15,18). The number of carbonyl (C=O) groups excluding carboxylic acids is 2. The summed E-state index contributed by atoms with van der Waals surface area (Å²) in [6.45, 7) is 4.84. The Hall–Kier alpha value is -1.79. The molecule has 7 heteroatoms. The van der Waals surface area contributed by atoms with Crippen molar-refractivity contribution in [3.63, 3.8) is 0 Å². The number of nitrogens with two attached hydrogens (primary N) is 1. The van der Waals surface area contributed by atoms with Gasteiger partial charge in [-0.3, -0.25) is 9.59 Å². The van der Waals surface area contributed by atoms with Crippen LogP contribution in [0.15, 0.2) is 5.16 Å². The SMILES string of the molecule is CC(C)C(C(=O)N1CCCC2C(=O)NCC21)C(N)=NO. The average Bonchev–Trinajstić information content (AvgIpc) is 2.80. The highest BCUT2D eigenvalue weighted by Gasteiger charge is 2.44. The maximum absolute atomic E-state index is 12.7. The molecule has 20 heavy (non-hydrogen) atoms. The number of hydrogen-bond acceptors (Lipinski definition) is 4. The Bertz CT molecular complexity index is 435. The molecular weight excluding hydrogens is 260 g/mol. The molecule has 7 nitrogen and oxygen atoms in total. The first-order chi connectivity index (χ1) is 9.47. The van der Waals surface area contributed by atoms with Gasteiger partial charge < -0.3 is 21.2 Å². The van der Waals surface area contributed by atoms with Crippen molar-refractivity contribution in [2.75, 3.05) is 13.1 Å². The Morgan fingerprint density at radius 1 is 1.55 bits per heavy atom. The van der Waals surface area contributed by atoms with E-state index in [1.807, 2.05) is 13.8 Å². The molecule has 0 aromatic heterocycles. The van der Waals surface area contributed by atoms with Crippen molar-refractivity contribution in [3.8, 4) is 0 Å². The molecule has 0 bridgehead atoms. The molecule has 2 amide bonds. The predicted octanol–water partition coefficient (Wildman–Crippen LogP) is -0.258. The zero-order valence-electron chi connectivity index (χ0n) is 11.9. The highest BCUT2D eigenvalue weighted by Crippen LogP contribution is 2.29. The van der Waals surface area contributed by atoms with Crippen LogP contribution in [0.3, 0.4) is 0 Å². The van der Waals surface area contributed by atoms with Crippen LogP contribution in [0.2, 0.25) is 0 Å². The van der Waals surface area contributed by atoms with E-state index in [1.165, 1.54) is 0 Å². The first-order valence-electron chi connectivity index (χ1n) is 7.03. The predicted molar refractivity (Wildman–Crippen MR) is 73.0 cm³/mol. The number of hydrogen-bond donors (Lipinski definition) is 3. The molecule has 0 aliphatic carbocycles. The Balaban J connectivity index is 2.20. The molecule has 2 fully saturated rings. The molecule has 2 rings (SSSR count). The van der Waals surface area contributed by atoms with Crippen molar-refractivity contribution in [1.82, 2.24) is 10.2 Å². The third kappa shape index (κ3) is 2.44. The minimum atomic E-state index is -0.644. The summed E-state index contributed by atoms with van der Waals surface area (Å²) in [7, 11) is 0. The molecule has 2 saturated heterocycles. The van der Waals surface area contributed by atoms with Gasteiger partial charge in [0.25, 0.3) is 0 Å². The maximum atomic E-state index is 12.7. The van der Waals surface area contributed by atoms with Gasteiger partial charge in [0.2, 0.25) is 11.8 Å². The van der Waals surface area contributed by atoms with Crippen LogP contribution in [-0.2, 0) is 9.59 Å². The van der Waals surface area contributed by atoms with E-state index in [2.05, 4.69) is 10.5 Å². The molecule has 0 saturated carbocycles. The van der Waals surface area contributed by atoms with Crippen molar-refractivity contribution in [2.45, 2.75) is 32.7 Å². The molecule has 3 atom stereocenters. The Kier molecular flexibility index (Phi) is 4.15. The molecule has 2 aliphatic rings. The molecule has 0 aromatic carbocycles. The van der Waals surface area contributed by atoms with Crippen molar-refractivity contribution < 1.29 is 14.8 Å². The molecule has 0 aromatic rings. The van der Waals surface area contributed by atoms with Crippen molar-refractivity contribution in [1.29, 1.82) is 0 Å². The van der Waals surface area contributed by atoms with Gasteiger partial charge in [0.15, 0.2) is 5.84 Å². The Morgan fingerprint density at radius 3 is 2.85 bits per heavy atom. The number of likely N-dealkylation sites (tertiary alicyclic amines) is 1. The Labute approximate surface area is 118 Å². The van der Waals surface area contributed by atoms with Gasteiger partial charge in [-0.15, -0.1) is 0 Å². The third-order valence-electron chi connectivity index (χ3n) is 4.25. The van der Waals surface area contributed by atoms with E-state index in [4.69, 9.17) is 10.9 Å². The largest absolute Gasteiger partial charge is 0.409 e. The number of nitrogens with one attached hydrogen (secondary N) is 1. The zero-order chi connectivity index (χ0) is 14.9. The molecule has 0 spiro atoms. The second kappa shape index (κ2) is 5.68. The van der Waals surface area contributed by atoms with Crippen LogP contribution in [-0.4, -0.2) is 46.9 Å². The molecule has 4 N–H and O–H groups in total. The maximum Gasteiger partial charge on any atom is 0.234 e. The number of amides is 2. The summed E-state index contributed by atoms with van der Waals surface area (Å²) >= 11 is 0. The van der Waals surface area contributed by atoms with E-state index in [-0.39, 0.29) is 35.5 Å². The summed E-state index contributed by atoms with van der Waals surface area (Å²) in [6, 6.07) is -0.100. The summed E-state index contributed by atoms with van der Waals surface area (Å²) in [4.78, 5) is 26.2. The van der Waals surface area contributed by atoms with E-state index in [1.54, 1.807) is 4.90 Å². The van der Waals surface area contributed by atoms with Crippen LogP contribution < -0.4 is 11.1 Å². The summed E-state index contributed by atoms with van der Waals surface area (Å²) in [6.07, 6.45) is 1.62. The zero-order valence-corrected chi connectivity index (χ0v) is 11.9. The number of amidine groups is 1. The van der Waals surface area contributed by atoms with Crippen molar-refractivity contribution in [3.05, 3.63) is 0 Å². The normalized spacial score (nSPS) is 28.2. The number of piperidine rings is 1. The second-order valence-electron chi connectivity index (χ2n) is 5.84. The smallest absolute Gasteiger partial charge is 0.234 e. The summed E-state index contributed by atoms with van der Waals surface area (Å²) < 4.78 is 0. The van der Waals surface area contributed by atoms with E-state index in [0.29, 0.717) is 13.1 Å². The van der Waals surface area contributed by atoms with Gasteiger partial charge >= 0.3 is 0 Å². The third-order valence-corrected chi connectivity index (χ3v) is 4.25. The number of oxime groups is 1. The lowest BCUT2D eigenvalue weighted by Crippen LogP contribution is -2.53. The fourth-order valence-corrected chi connectivity index (χ4v) is 3.22. The van der Waals surface area contributed by atoms with Gasteiger partial charge in [-0.1, -0.05) is 19.0 Å². The molecule has 112 valence electrons. The Morgan fingerprint density at radius 2 is 2.25 bits per heavy atom. The van der Waals surface area contributed by atoms with Crippen LogP contribution in [0, 0.1) is 17.8 Å². The monoisotopic (exact) mass is 282 g/mol. The van der Waals surface area contributed by atoms with Crippen LogP contribution in [0.25, 0.3) is 0 Å². The number of rotatable bonds is 3. The lowest BCUT2D eigenvalue weighted by atomic mass is 9.87. The van der Waals surface area contributed by atoms with Gasteiger partial charge in [0, 0.05) is 13.1 Å². The average molecular weight is 282 g/mol. The second-order valence-corrected chi connectivity index (χ2v) is 5.84. The first kappa shape index (κ1) is 14.6. The number of fused-ring (bicyclic) bond motifs is 1. The van der Waals surface area contributed by atoms with Gasteiger partial charge in [0.05, 0.1) is 12.0 Å². The highest BCUT2D eigenvalue weighted by atomic mass is 16.4. The lowest BCUT2D eigenvalue weighted by molar-refractivity contribution is -0.139. The molecule has 2 heterocycles. The van der Waals surface area contributed by atoms with Gasteiger partial charge in [0.1, 0.15) is 5.92 Å². The van der Waals surface area contributed by atoms with Crippen LogP contribution in [0.4, 0.5) is 0 Å². The lowest BCUT2D eigenvalue weighted by Gasteiger charge is -2.38. The van der Waals surface area contributed by atoms with E-state index in [9.17, 15) is 9.59 Å². The molecular formula is C13H22N4O3. The van der Waals surface area contributed by atoms with Gasteiger partial charge in [-0.2, -0.15) is 0 Å². The number of nitrogens with zero attached hydrogens (tertiary/aromatic N) is 2. The van der Waals surface area contributed by atoms with E-state index >= 15 is 0 Å². The van der Waals surface area contributed by atoms with Crippen molar-refractivity contribution in [2.24, 2.45) is 28.6 Å². The summed E-state index contributed by atoms with van der Waals surface area (Å²) in [5.74, 6) is -1.02. The fraction of sp³-hybridized carbons (Fsp3) is 0.769. The molecule has 0 radical (unpaired) electrons.